The van der Waals surface area contributed by atoms with E-state index in [1.165, 1.54) is 17.3 Å². The average Bonchev–Trinajstić information content (AvgIpc) is 3.21. The Kier molecular flexibility index (Phi) is 6.64. The van der Waals surface area contributed by atoms with E-state index in [4.69, 9.17) is 0 Å². The number of nitrogens with one attached hydrogen (secondary N) is 2. The zero-order valence-corrected chi connectivity index (χ0v) is 18.0. The summed E-state index contributed by atoms with van der Waals surface area (Å²) in [6.45, 7) is 2.58. The fourth-order valence-corrected chi connectivity index (χ4v) is 3.82. The summed E-state index contributed by atoms with van der Waals surface area (Å²) in [6.07, 6.45) is 0. The SMILES string of the molecule is Cc1ccc(NCc2nnc(SCC(=O)Nc3ccccc3)n2-c2ccccc2)cc1. The summed E-state index contributed by atoms with van der Waals surface area (Å²) in [5.74, 6) is 0.932. The molecule has 1 amide bonds. The Morgan fingerprint density at radius 3 is 2.26 bits per heavy atom. The Bertz CT molecular complexity index is 1130. The van der Waals surface area contributed by atoms with E-state index in [-0.39, 0.29) is 11.7 Å². The fourth-order valence-electron chi connectivity index (χ4n) is 3.05. The Balaban J connectivity index is 1.49. The zero-order chi connectivity index (χ0) is 21.5. The highest BCUT2D eigenvalue weighted by Gasteiger charge is 2.16. The number of amides is 1. The van der Waals surface area contributed by atoms with Gasteiger partial charge in [0.2, 0.25) is 5.91 Å². The number of anilines is 2. The lowest BCUT2D eigenvalue weighted by Gasteiger charge is -2.11. The van der Waals surface area contributed by atoms with Gasteiger partial charge in [0.1, 0.15) is 0 Å². The summed E-state index contributed by atoms with van der Waals surface area (Å²) in [5, 5.41) is 15.7. The summed E-state index contributed by atoms with van der Waals surface area (Å²) < 4.78 is 1.99. The lowest BCUT2D eigenvalue weighted by molar-refractivity contribution is -0.113. The minimum absolute atomic E-state index is 0.0851. The summed E-state index contributed by atoms with van der Waals surface area (Å²) >= 11 is 1.36. The first kappa shape index (κ1) is 20.7. The van der Waals surface area contributed by atoms with Gasteiger partial charge < -0.3 is 10.6 Å². The van der Waals surface area contributed by atoms with Crippen molar-refractivity contribution in [2.45, 2.75) is 18.6 Å². The minimum Gasteiger partial charge on any atom is -0.378 e. The molecule has 7 heteroatoms. The molecule has 0 aliphatic heterocycles. The van der Waals surface area contributed by atoms with Gasteiger partial charge in [0.15, 0.2) is 11.0 Å². The Labute approximate surface area is 185 Å². The number of carbonyl (C=O) groups excluding carboxylic acids is 1. The van der Waals surface area contributed by atoms with Gasteiger partial charge in [-0.1, -0.05) is 65.9 Å². The summed E-state index contributed by atoms with van der Waals surface area (Å²) in [4.78, 5) is 12.4. The minimum atomic E-state index is -0.0851. The number of rotatable bonds is 8. The second-order valence-electron chi connectivity index (χ2n) is 6.99. The molecule has 0 spiro atoms. The van der Waals surface area contributed by atoms with E-state index in [2.05, 4.69) is 39.9 Å². The highest BCUT2D eigenvalue weighted by atomic mass is 32.2. The fraction of sp³-hybridized carbons (Fsp3) is 0.125. The smallest absolute Gasteiger partial charge is 0.234 e. The van der Waals surface area contributed by atoms with Crippen LogP contribution in [0.2, 0.25) is 0 Å². The lowest BCUT2D eigenvalue weighted by Crippen LogP contribution is -2.14. The van der Waals surface area contributed by atoms with E-state index in [9.17, 15) is 4.79 Å². The number of carbonyl (C=O) groups is 1. The summed E-state index contributed by atoms with van der Waals surface area (Å²) in [7, 11) is 0. The van der Waals surface area contributed by atoms with Gasteiger partial charge in [-0.25, -0.2) is 0 Å². The van der Waals surface area contributed by atoms with Gasteiger partial charge in [0, 0.05) is 17.1 Å². The van der Waals surface area contributed by atoms with Gasteiger partial charge in [-0.05, 0) is 43.3 Å². The molecule has 1 aromatic heterocycles. The van der Waals surface area contributed by atoms with Crippen LogP contribution in [-0.4, -0.2) is 26.4 Å². The molecule has 3 aromatic carbocycles. The number of aromatic nitrogens is 3. The Hall–Kier alpha value is -3.58. The van der Waals surface area contributed by atoms with Crippen molar-refractivity contribution >= 4 is 29.0 Å². The van der Waals surface area contributed by atoms with Crippen molar-refractivity contribution in [1.29, 1.82) is 0 Å². The molecule has 6 nitrogen and oxygen atoms in total. The standard InChI is InChI=1S/C24H23N5OS/c1-18-12-14-19(15-13-18)25-16-22-27-28-24(29(22)21-10-6-3-7-11-21)31-17-23(30)26-20-8-4-2-5-9-20/h2-15,25H,16-17H2,1H3,(H,26,30). The Morgan fingerprint density at radius 1 is 0.871 bits per heavy atom. The summed E-state index contributed by atoms with van der Waals surface area (Å²) in [5.41, 5.74) is 3.97. The van der Waals surface area contributed by atoms with Crippen LogP contribution in [0.5, 0.6) is 0 Å². The third kappa shape index (κ3) is 5.52. The van der Waals surface area contributed by atoms with Crippen molar-refractivity contribution in [3.63, 3.8) is 0 Å². The summed E-state index contributed by atoms with van der Waals surface area (Å²) in [6, 6.07) is 27.6. The van der Waals surface area contributed by atoms with Gasteiger partial charge in [0.05, 0.1) is 12.3 Å². The predicted molar refractivity (Wildman–Crippen MR) is 126 cm³/mol. The van der Waals surface area contributed by atoms with Crippen molar-refractivity contribution in [2.75, 3.05) is 16.4 Å². The van der Waals surface area contributed by atoms with Crippen molar-refractivity contribution in [3.8, 4) is 5.69 Å². The van der Waals surface area contributed by atoms with E-state index in [0.717, 1.165) is 22.9 Å². The molecule has 0 saturated carbocycles. The molecular formula is C24H23N5OS. The first-order valence-electron chi connectivity index (χ1n) is 9.97. The predicted octanol–water partition coefficient (Wildman–Crippen LogP) is 4.92. The molecule has 0 fully saturated rings. The van der Waals surface area contributed by atoms with Crippen LogP contribution in [0.4, 0.5) is 11.4 Å². The lowest BCUT2D eigenvalue weighted by atomic mass is 10.2. The van der Waals surface area contributed by atoms with Crippen LogP contribution in [0.15, 0.2) is 90.1 Å². The third-order valence-corrected chi connectivity index (χ3v) is 5.54. The molecule has 0 saturated heterocycles. The van der Waals surface area contributed by atoms with Crippen LogP contribution in [0.1, 0.15) is 11.4 Å². The second kappa shape index (κ2) is 9.95. The third-order valence-electron chi connectivity index (χ3n) is 4.61. The molecule has 4 aromatic rings. The number of aryl methyl sites for hydroxylation is 1. The van der Waals surface area contributed by atoms with Crippen LogP contribution in [0, 0.1) is 6.92 Å². The highest BCUT2D eigenvalue weighted by Crippen LogP contribution is 2.23. The van der Waals surface area contributed by atoms with Crippen LogP contribution < -0.4 is 10.6 Å². The molecule has 0 aliphatic rings. The van der Waals surface area contributed by atoms with Crippen LogP contribution >= 0.6 is 11.8 Å². The molecule has 0 radical (unpaired) electrons. The number of thioether (sulfide) groups is 1. The normalized spacial score (nSPS) is 10.6. The molecule has 0 bridgehead atoms. The number of nitrogens with zero attached hydrogens (tertiary/aromatic N) is 3. The molecule has 2 N–H and O–H groups in total. The average molecular weight is 430 g/mol. The zero-order valence-electron chi connectivity index (χ0n) is 17.2. The van der Waals surface area contributed by atoms with Crippen molar-refractivity contribution in [2.24, 2.45) is 0 Å². The van der Waals surface area contributed by atoms with Crippen molar-refractivity contribution < 1.29 is 4.79 Å². The van der Waals surface area contributed by atoms with Crippen LogP contribution in [0.3, 0.4) is 0 Å². The van der Waals surface area contributed by atoms with Crippen LogP contribution in [0.25, 0.3) is 5.69 Å². The molecule has 1 heterocycles. The maximum Gasteiger partial charge on any atom is 0.234 e. The Morgan fingerprint density at radius 2 is 1.55 bits per heavy atom. The first-order valence-corrected chi connectivity index (χ1v) is 11.0. The van der Waals surface area contributed by atoms with Gasteiger partial charge in [-0.3, -0.25) is 9.36 Å². The van der Waals surface area contributed by atoms with Gasteiger partial charge in [0.25, 0.3) is 0 Å². The second-order valence-corrected chi connectivity index (χ2v) is 7.93. The van der Waals surface area contributed by atoms with Crippen molar-refractivity contribution in [3.05, 3.63) is 96.3 Å². The maximum absolute atomic E-state index is 12.4. The maximum atomic E-state index is 12.4. The molecule has 156 valence electrons. The van der Waals surface area contributed by atoms with E-state index in [1.807, 2.05) is 77.4 Å². The molecule has 0 unspecified atom stereocenters. The van der Waals surface area contributed by atoms with E-state index in [0.29, 0.717) is 11.7 Å². The van der Waals surface area contributed by atoms with Gasteiger partial charge in [-0.15, -0.1) is 10.2 Å². The molecular weight excluding hydrogens is 406 g/mol. The van der Waals surface area contributed by atoms with Crippen LogP contribution in [-0.2, 0) is 11.3 Å². The number of para-hydroxylation sites is 2. The quantitative estimate of drug-likeness (QED) is 0.389. The van der Waals surface area contributed by atoms with E-state index >= 15 is 0 Å². The topological polar surface area (TPSA) is 71.8 Å². The van der Waals surface area contributed by atoms with Gasteiger partial charge >= 0.3 is 0 Å². The monoisotopic (exact) mass is 429 g/mol. The number of hydrogen-bond acceptors (Lipinski definition) is 5. The van der Waals surface area contributed by atoms with E-state index in [1.54, 1.807) is 0 Å². The first-order chi connectivity index (χ1) is 15.2. The highest BCUT2D eigenvalue weighted by molar-refractivity contribution is 7.99. The molecule has 31 heavy (non-hydrogen) atoms. The number of benzene rings is 3. The molecule has 4 rings (SSSR count). The largest absolute Gasteiger partial charge is 0.378 e. The molecule has 0 atom stereocenters. The number of hydrogen-bond donors (Lipinski definition) is 2. The van der Waals surface area contributed by atoms with E-state index < -0.39 is 0 Å². The van der Waals surface area contributed by atoms with Crippen molar-refractivity contribution in [1.82, 2.24) is 14.8 Å². The molecule has 0 aliphatic carbocycles. The van der Waals surface area contributed by atoms with Gasteiger partial charge in [-0.2, -0.15) is 0 Å².